The Bertz CT molecular complexity index is 594. The van der Waals surface area contributed by atoms with Crippen molar-refractivity contribution in [2.75, 3.05) is 52.5 Å². The fraction of sp³-hybridized carbons (Fsp3) is 0.667. The van der Waals surface area contributed by atoms with Gasteiger partial charge in [0.2, 0.25) is 0 Å². The molecule has 26 heavy (non-hydrogen) atoms. The van der Waals surface area contributed by atoms with Gasteiger partial charge in [0.15, 0.2) is 0 Å². The predicted octanol–water partition coefficient (Wildman–Crippen LogP) is 2.92. The number of morpholine rings is 1. The summed E-state index contributed by atoms with van der Waals surface area (Å²) in [5, 5.41) is 9.07. The van der Waals surface area contributed by atoms with Crippen LogP contribution in [0.1, 0.15) is 48.5 Å². The second-order valence-corrected chi connectivity index (χ2v) is 8.55. The van der Waals surface area contributed by atoms with Crippen LogP contribution >= 0.6 is 0 Å². The third-order valence-corrected chi connectivity index (χ3v) is 5.54. The first-order valence-corrected chi connectivity index (χ1v) is 9.79. The molecule has 5 heteroatoms. The summed E-state index contributed by atoms with van der Waals surface area (Å²) in [4.78, 5) is 16.2. The van der Waals surface area contributed by atoms with Gasteiger partial charge in [-0.05, 0) is 48.4 Å². The number of aromatic carboxylic acids is 1. The average molecular weight is 360 g/mol. The largest absolute Gasteiger partial charge is 0.478 e. The second kappa shape index (κ2) is 8.51. The zero-order valence-electron chi connectivity index (χ0n) is 16.1. The van der Waals surface area contributed by atoms with Crippen LogP contribution in [0, 0.1) is 5.41 Å². The summed E-state index contributed by atoms with van der Waals surface area (Å²) in [7, 11) is 0. The van der Waals surface area contributed by atoms with E-state index < -0.39 is 5.97 Å². The van der Waals surface area contributed by atoms with Gasteiger partial charge in [0.05, 0.1) is 18.8 Å². The standard InChI is InChI=1S/C21H32N2O3/c1-21(2,15-22-10-12-26-13-11-22)16-23-9-3-4-19(14-23)17-5-7-18(8-6-17)20(24)25/h5-8,19H,3-4,9-16H2,1-2H3,(H,24,25)/t19-/m1/s1. The molecule has 0 spiro atoms. The van der Waals surface area contributed by atoms with Crippen LogP contribution in [0.15, 0.2) is 24.3 Å². The van der Waals surface area contributed by atoms with Crippen molar-refractivity contribution >= 4 is 5.97 Å². The number of carboxylic acid groups (broad SMARTS) is 1. The molecule has 2 aliphatic heterocycles. The van der Waals surface area contributed by atoms with Crippen molar-refractivity contribution in [2.45, 2.75) is 32.6 Å². The van der Waals surface area contributed by atoms with Crippen molar-refractivity contribution in [1.29, 1.82) is 0 Å². The fourth-order valence-corrected chi connectivity index (χ4v) is 4.39. The van der Waals surface area contributed by atoms with E-state index in [0.29, 0.717) is 11.5 Å². The van der Waals surface area contributed by atoms with E-state index in [9.17, 15) is 4.79 Å². The first-order chi connectivity index (χ1) is 12.4. The summed E-state index contributed by atoms with van der Waals surface area (Å²) in [5.41, 5.74) is 1.89. The minimum Gasteiger partial charge on any atom is -0.478 e. The molecule has 0 aromatic heterocycles. The number of hydrogen-bond acceptors (Lipinski definition) is 4. The molecular weight excluding hydrogens is 328 g/mol. The van der Waals surface area contributed by atoms with Crippen molar-refractivity contribution in [3.63, 3.8) is 0 Å². The van der Waals surface area contributed by atoms with Crippen molar-refractivity contribution in [2.24, 2.45) is 5.41 Å². The summed E-state index contributed by atoms with van der Waals surface area (Å²) >= 11 is 0. The summed E-state index contributed by atoms with van der Waals surface area (Å²) < 4.78 is 5.46. The predicted molar refractivity (Wildman–Crippen MR) is 103 cm³/mol. The molecule has 1 atom stereocenters. The number of benzene rings is 1. The van der Waals surface area contributed by atoms with E-state index >= 15 is 0 Å². The molecule has 5 nitrogen and oxygen atoms in total. The van der Waals surface area contributed by atoms with Gasteiger partial charge in [0.1, 0.15) is 0 Å². The van der Waals surface area contributed by atoms with Gasteiger partial charge >= 0.3 is 5.97 Å². The Morgan fingerprint density at radius 2 is 1.77 bits per heavy atom. The summed E-state index contributed by atoms with van der Waals surface area (Å²) in [6.07, 6.45) is 2.39. The van der Waals surface area contributed by atoms with Gasteiger partial charge in [0.25, 0.3) is 0 Å². The van der Waals surface area contributed by atoms with Crippen LogP contribution in [0.2, 0.25) is 0 Å². The fourth-order valence-electron chi connectivity index (χ4n) is 4.39. The van der Waals surface area contributed by atoms with Crippen LogP contribution in [-0.4, -0.2) is 73.4 Å². The zero-order valence-corrected chi connectivity index (χ0v) is 16.1. The van der Waals surface area contributed by atoms with Gasteiger partial charge in [-0.3, -0.25) is 4.90 Å². The normalized spacial score (nSPS) is 23.1. The molecule has 3 rings (SSSR count). The van der Waals surface area contributed by atoms with E-state index in [4.69, 9.17) is 9.84 Å². The van der Waals surface area contributed by atoms with E-state index in [2.05, 4.69) is 23.6 Å². The van der Waals surface area contributed by atoms with Crippen molar-refractivity contribution in [3.05, 3.63) is 35.4 Å². The Morgan fingerprint density at radius 1 is 1.12 bits per heavy atom. The summed E-state index contributed by atoms with van der Waals surface area (Å²) in [6.45, 7) is 13.0. The number of rotatable bonds is 6. The lowest BCUT2D eigenvalue weighted by Crippen LogP contribution is -2.47. The molecule has 1 N–H and O–H groups in total. The quantitative estimate of drug-likeness (QED) is 0.845. The summed E-state index contributed by atoms with van der Waals surface area (Å²) in [6, 6.07) is 7.46. The highest BCUT2D eigenvalue weighted by Gasteiger charge is 2.29. The zero-order chi connectivity index (χ0) is 18.6. The van der Waals surface area contributed by atoms with Gasteiger partial charge in [-0.25, -0.2) is 4.79 Å². The molecule has 0 unspecified atom stereocenters. The van der Waals surface area contributed by atoms with E-state index in [0.717, 1.165) is 52.5 Å². The summed E-state index contributed by atoms with van der Waals surface area (Å²) in [5.74, 6) is -0.350. The van der Waals surface area contributed by atoms with Crippen LogP contribution in [0.5, 0.6) is 0 Å². The van der Waals surface area contributed by atoms with Gasteiger partial charge in [-0.1, -0.05) is 26.0 Å². The van der Waals surface area contributed by atoms with Crippen LogP contribution < -0.4 is 0 Å². The Labute approximate surface area is 156 Å². The molecule has 0 radical (unpaired) electrons. The highest BCUT2D eigenvalue weighted by Crippen LogP contribution is 2.29. The number of hydrogen-bond donors (Lipinski definition) is 1. The van der Waals surface area contributed by atoms with E-state index in [1.54, 1.807) is 12.1 Å². The Kier molecular flexibility index (Phi) is 6.33. The molecule has 2 saturated heterocycles. The van der Waals surface area contributed by atoms with E-state index in [1.807, 2.05) is 12.1 Å². The molecule has 2 aliphatic rings. The van der Waals surface area contributed by atoms with E-state index in [1.165, 1.54) is 18.4 Å². The molecule has 0 saturated carbocycles. The molecule has 0 aliphatic carbocycles. The second-order valence-electron chi connectivity index (χ2n) is 8.55. The van der Waals surface area contributed by atoms with Crippen LogP contribution in [0.3, 0.4) is 0 Å². The van der Waals surface area contributed by atoms with Crippen LogP contribution in [-0.2, 0) is 4.74 Å². The Morgan fingerprint density at radius 3 is 2.42 bits per heavy atom. The maximum atomic E-state index is 11.0. The Balaban J connectivity index is 1.56. The minimum absolute atomic E-state index is 0.256. The Hall–Kier alpha value is -1.43. The maximum absolute atomic E-state index is 11.0. The number of ether oxygens (including phenoxy) is 1. The first kappa shape index (κ1) is 19.3. The SMILES string of the molecule is CC(C)(CN1CCOCC1)CN1CCC[C@@H](c2ccc(C(=O)O)cc2)C1. The molecule has 0 bridgehead atoms. The molecule has 0 amide bonds. The van der Waals surface area contributed by atoms with Gasteiger partial charge in [-0.15, -0.1) is 0 Å². The lowest BCUT2D eigenvalue weighted by atomic mass is 9.87. The number of nitrogens with zero attached hydrogens (tertiary/aromatic N) is 2. The van der Waals surface area contributed by atoms with Crippen LogP contribution in [0.25, 0.3) is 0 Å². The maximum Gasteiger partial charge on any atom is 0.335 e. The lowest BCUT2D eigenvalue weighted by Gasteiger charge is -2.41. The van der Waals surface area contributed by atoms with Gasteiger partial charge in [0, 0.05) is 32.7 Å². The molecule has 1 aromatic carbocycles. The van der Waals surface area contributed by atoms with Crippen molar-refractivity contribution in [3.8, 4) is 0 Å². The van der Waals surface area contributed by atoms with Gasteiger partial charge < -0.3 is 14.7 Å². The molecule has 144 valence electrons. The smallest absolute Gasteiger partial charge is 0.335 e. The number of carbonyl (C=O) groups is 1. The average Bonchev–Trinajstić information content (AvgIpc) is 2.62. The van der Waals surface area contributed by atoms with Crippen LogP contribution in [0.4, 0.5) is 0 Å². The van der Waals surface area contributed by atoms with Crippen molar-refractivity contribution in [1.82, 2.24) is 9.80 Å². The first-order valence-electron chi connectivity index (χ1n) is 9.79. The monoisotopic (exact) mass is 360 g/mol. The number of carboxylic acids is 1. The topological polar surface area (TPSA) is 53.0 Å². The molecular formula is C21H32N2O3. The highest BCUT2D eigenvalue weighted by molar-refractivity contribution is 5.87. The third-order valence-electron chi connectivity index (χ3n) is 5.54. The van der Waals surface area contributed by atoms with Gasteiger partial charge in [-0.2, -0.15) is 0 Å². The number of piperidine rings is 1. The molecule has 1 aromatic rings. The lowest BCUT2D eigenvalue weighted by molar-refractivity contribution is 0.0132. The molecule has 2 fully saturated rings. The molecule has 2 heterocycles. The highest BCUT2D eigenvalue weighted by atomic mass is 16.5. The number of likely N-dealkylation sites (tertiary alicyclic amines) is 1. The van der Waals surface area contributed by atoms with Crippen molar-refractivity contribution < 1.29 is 14.6 Å². The van der Waals surface area contributed by atoms with E-state index in [-0.39, 0.29) is 5.41 Å². The third kappa shape index (κ3) is 5.29. The minimum atomic E-state index is -0.855.